The van der Waals surface area contributed by atoms with Crippen LogP contribution >= 0.6 is 0 Å². The van der Waals surface area contributed by atoms with Gasteiger partial charge in [-0.3, -0.25) is 0 Å². The molecule has 3 aliphatic rings. The Kier molecular flexibility index (Phi) is 6.61. The monoisotopic (exact) mass is 766 g/mol. The number of rotatable bonds is 2. The minimum absolute atomic E-state index is 0.115. The molecule has 0 spiro atoms. The summed E-state index contributed by atoms with van der Waals surface area (Å²) in [6, 6.07) is 68.6. The van der Waals surface area contributed by atoms with Gasteiger partial charge in [0.05, 0.1) is 22.4 Å². The Hall–Kier alpha value is -7.16. The van der Waals surface area contributed by atoms with Crippen molar-refractivity contribution >= 4 is 21.8 Å². The predicted molar refractivity (Wildman–Crippen MR) is 251 cm³/mol. The van der Waals surface area contributed by atoms with Crippen molar-refractivity contribution in [1.29, 1.82) is 0 Å². The number of hydrogen-bond donors (Lipinski definition) is 0. The van der Waals surface area contributed by atoms with Crippen molar-refractivity contribution < 1.29 is 0 Å². The summed E-state index contributed by atoms with van der Waals surface area (Å²) >= 11 is 0. The third-order valence-electron chi connectivity index (χ3n) is 14.3. The molecule has 2 nitrogen and oxygen atoms in total. The van der Waals surface area contributed by atoms with E-state index >= 15 is 0 Å². The lowest BCUT2D eigenvalue weighted by atomic mass is 9.82. The van der Waals surface area contributed by atoms with Crippen LogP contribution in [0.3, 0.4) is 0 Å². The molecule has 3 aliphatic carbocycles. The average molecular weight is 767 g/mol. The molecular weight excluding hydrogens is 725 g/mol. The summed E-state index contributed by atoms with van der Waals surface area (Å²) in [6.07, 6.45) is 0. The molecule has 2 heteroatoms. The molecule has 0 aliphatic heterocycles. The van der Waals surface area contributed by atoms with Gasteiger partial charge >= 0.3 is 0 Å². The minimum atomic E-state index is -0.115. The Balaban J connectivity index is 1.14. The molecule has 0 fully saturated rings. The molecule has 0 bridgehead atoms. The average Bonchev–Trinajstić information content (AvgIpc) is 3.95. The first-order valence-corrected chi connectivity index (χ1v) is 21.3. The summed E-state index contributed by atoms with van der Waals surface area (Å²) in [5, 5.41) is 2.50. The van der Waals surface area contributed by atoms with Gasteiger partial charge in [-0.1, -0.05) is 173 Å². The smallest absolute Gasteiger partial charge is 0.0625 e. The maximum Gasteiger partial charge on any atom is 0.0625 e. The molecule has 284 valence electrons. The topological polar surface area (TPSA) is 9.86 Å². The van der Waals surface area contributed by atoms with E-state index in [0.717, 1.165) is 0 Å². The molecule has 8 aromatic carbocycles. The van der Waals surface area contributed by atoms with E-state index in [4.69, 9.17) is 0 Å². The van der Waals surface area contributed by atoms with Gasteiger partial charge in [-0.05, 0) is 92.0 Å². The van der Waals surface area contributed by atoms with Gasteiger partial charge < -0.3 is 9.13 Å². The van der Waals surface area contributed by atoms with E-state index < -0.39 is 0 Å². The van der Waals surface area contributed by atoms with Crippen LogP contribution in [0.15, 0.2) is 182 Å². The van der Waals surface area contributed by atoms with Gasteiger partial charge in [-0.15, -0.1) is 0 Å². The summed E-state index contributed by atoms with van der Waals surface area (Å²) in [7, 11) is 0. The fourth-order valence-corrected chi connectivity index (χ4v) is 11.5. The van der Waals surface area contributed by atoms with E-state index in [1.54, 1.807) is 0 Å². The van der Waals surface area contributed by atoms with Crippen LogP contribution in [0, 0.1) is 0 Å². The number of benzene rings is 8. The summed E-state index contributed by atoms with van der Waals surface area (Å²) in [6.45, 7) is 9.51. The van der Waals surface area contributed by atoms with Gasteiger partial charge in [0.2, 0.25) is 0 Å². The lowest BCUT2D eigenvalue weighted by molar-refractivity contribution is 0.659. The Labute approximate surface area is 350 Å². The van der Waals surface area contributed by atoms with Crippen molar-refractivity contribution in [2.75, 3.05) is 0 Å². The van der Waals surface area contributed by atoms with Crippen molar-refractivity contribution in [2.24, 2.45) is 0 Å². The van der Waals surface area contributed by atoms with Gasteiger partial charge in [0.1, 0.15) is 0 Å². The lowest BCUT2D eigenvalue weighted by Crippen LogP contribution is -2.15. The number of para-hydroxylation sites is 2. The van der Waals surface area contributed by atoms with Crippen LogP contribution in [-0.2, 0) is 10.8 Å². The highest BCUT2D eigenvalue weighted by molar-refractivity contribution is 6.17. The van der Waals surface area contributed by atoms with Crippen LogP contribution in [0.2, 0.25) is 0 Å². The predicted octanol–water partition coefficient (Wildman–Crippen LogP) is 15.2. The van der Waals surface area contributed by atoms with Crippen molar-refractivity contribution in [3.05, 3.63) is 204 Å². The summed E-state index contributed by atoms with van der Waals surface area (Å²) in [5.41, 5.74) is 25.4. The van der Waals surface area contributed by atoms with Crippen molar-refractivity contribution in [2.45, 2.75) is 38.5 Å². The largest absolute Gasteiger partial charge is 0.309 e. The second-order valence-electron chi connectivity index (χ2n) is 18.0. The molecular formula is C58H42N2. The highest BCUT2D eigenvalue weighted by Gasteiger charge is 2.38. The maximum absolute atomic E-state index is 2.56. The third kappa shape index (κ3) is 4.23. The first-order chi connectivity index (χ1) is 29.3. The Morgan fingerprint density at radius 3 is 1.07 bits per heavy atom. The molecule has 60 heavy (non-hydrogen) atoms. The maximum atomic E-state index is 2.56. The highest BCUT2D eigenvalue weighted by atomic mass is 15.0. The fourth-order valence-electron chi connectivity index (χ4n) is 11.5. The molecule has 0 saturated carbocycles. The lowest BCUT2D eigenvalue weighted by Gasteiger charge is -2.25. The fraction of sp³-hybridized carbons (Fsp3) is 0.103. The van der Waals surface area contributed by atoms with Gasteiger partial charge in [0.15, 0.2) is 0 Å². The standard InChI is InChI=1S/C58H42N2/c1-57(2)47-25-13-9-17-37(47)39-31-29-35(33-49(39)57)59-51-27-15-11-23-45(51)53-42-20-6-8-22-44(42)56-54(41-19-5-7-21-43(41)55(53)59)46-24-12-16-28-52(46)60(56)36-30-32-40-38-18-10-14-26-48(38)58(3,4)50(40)34-36/h5-34H,1-4H3. The second kappa shape index (κ2) is 11.7. The summed E-state index contributed by atoms with van der Waals surface area (Å²) < 4.78 is 5.12. The number of hydrogen-bond acceptors (Lipinski definition) is 0. The van der Waals surface area contributed by atoms with Crippen molar-refractivity contribution in [3.63, 3.8) is 0 Å². The normalized spacial score (nSPS) is 14.6. The zero-order valence-electron chi connectivity index (χ0n) is 34.2. The highest BCUT2D eigenvalue weighted by Crippen LogP contribution is 2.56. The van der Waals surface area contributed by atoms with Gasteiger partial charge in [-0.2, -0.15) is 0 Å². The molecule has 0 radical (unpaired) electrons. The molecule has 0 amide bonds. The Morgan fingerprint density at radius 1 is 0.300 bits per heavy atom. The number of fused-ring (bicyclic) bond motifs is 18. The van der Waals surface area contributed by atoms with Crippen LogP contribution in [0.1, 0.15) is 49.9 Å². The second-order valence-corrected chi connectivity index (χ2v) is 18.0. The van der Waals surface area contributed by atoms with Crippen LogP contribution in [0.25, 0.3) is 100 Å². The van der Waals surface area contributed by atoms with Crippen LogP contribution in [0.5, 0.6) is 0 Å². The SMILES string of the molecule is CC1(C)c2ccccc2-c2ccc(-n3c4c(c5ccccc53)-c3ccccc3-c3c(c5ccccc5n3-c3ccc5c(c3)C(C)(C)c3ccccc3-5)-c3ccccc3-4)cc21. The third-order valence-corrected chi connectivity index (χ3v) is 14.3. The van der Waals surface area contributed by atoms with Gasteiger partial charge in [0.25, 0.3) is 0 Å². The molecule has 2 heterocycles. The molecule has 13 rings (SSSR count). The molecule has 0 atom stereocenters. The number of aromatic nitrogens is 2. The van der Waals surface area contributed by atoms with E-state index in [1.807, 2.05) is 0 Å². The zero-order valence-corrected chi connectivity index (χ0v) is 34.2. The molecule has 0 saturated heterocycles. The zero-order chi connectivity index (χ0) is 40.1. The summed E-state index contributed by atoms with van der Waals surface area (Å²) in [4.78, 5) is 0. The Bertz CT molecular complexity index is 3260. The minimum Gasteiger partial charge on any atom is -0.309 e. The molecule has 2 aromatic heterocycles. The van der Waals surface area contributed by atoms with Crippen LogP contribution < -0.4 is 0 Å². The number of nitrogens with zero attached hydrogens (tertiary/aromatic N) is 2. The Morgan fingerprint density at radius 2 is 0.633 bits per heavy atom. The van der Waals surface area contributed by atoms with Crippen molar-refractivity contribution in [1.82, 2.24) is 9.13 Å². The van der Waals surface area contributed by atoms with E-state index in [0.29, 0.717) is 0 Å². The first-order valence-electron chi connectivity index (χ1n) is 21.3. The van der Waals surface area contributed by atoms with Crippen LogP contribution in [-0.4, -0.2) is 9.13 Å². The van der Waals surface area contributed by atoms with E-state index in [1.165, 1.54) is 122 Å². The molecule has 0 N–H and O–H groups in total. The first kappa shape index (κ1) is 33.8. The quantitative estimate of drug-likeness (QED) is 0.166. The molecule has 10 aromatic rings. The van der Waals surface area contributed by atoms with Gasteiger partial charge in [0, 0.05) is 55.2 Å². The summed E-state index contributed by atoms with van der Waals surface area (Å²) in [5.74, 6) is 0. The molecule has 0 unspecified atom stereocenters. The van der Waals surface area contributed by atoms with E-state index in [2.05, 4.69) is 219 Å². The van der Waals surface area contributed by atoms with Crippen molar-refractivity contribution in [3.8, 4) is 78.4 Å². The van der Waals surface area contributed by atoms with E-state index in [-0.39, 0.29) is 10.8 Å². The van der Waals surface area contributed by atoms with Crippen LogP contribution in [0.4, 0.5) is 0 Å². The van der Waals surface area contributed by atoms with E-state index in [9.17, 15) is 0 Å². The van der Waals surface area contributed by atoms with Gasteiger partial charge in [-0.25, -0.2) is 0 Å².